The van der Waals surface area contributed by atoms with Crippen LogP contribution in [-0.2, 0) is 10.2 Å². The third-order valence-corrected chi connectivity index (χ3v) is 4.39. The van der Waals surface area contributed by atoms with Gasteiger partial charge in [-0.25, -0.2) is 0 Å². The molecule has 2 nitrogen and oxygen atoms in total. The van der Waals surface area contributed by atoms with Crippen molar-refractivity contribution in [2.24, 2.45) is 0 Å². The number of hydrogen-bond acceptors (Lipinski definition) is 2. The molecule has 0 amide bonds. The minimum atomic E-state index is 0.0785. The van der Waals surface area contributed by atoms with Crippen molar-refractivity contribution in [3.05, 3.63) is 33.8 Å². The molecule has 0 aliphatic carbocycles. The Balaban J connectivity index is 2.25. The smallest absolute Gasteiger partial charge is 0.0475 e. The second-order valence-electron chi connectivity index (χ2n) is 5.19. The predicted octanol–water partition coefficient (Wildman–Crippen LogP) is 4.04. The van der Waals surface area contributed by atoms with Gasteiger partial charge >= 0.3 is 0 Å². The maximum Gasteiger partial charge on any atom is 0.0475 e. The zero-order chi connectivity index (χ0) is 13.7. The Morgan fingerprint density at radius 3 is 2.63 bits per heavy atom. The van der Waals surface area contributed by atoms with Crippen LogP contribution in [0.25, 0.3) is 0 Å². The molecule has 0 atom stereocenters. The van der Waals surface area contributed by atoms with Gasteiger partial charge in [0.1, 0.15) is 0 Å². The summed E-state index contributed by atoms with van der Waals surface area (Å²) in [7, 11) is 0. The Labute approximate surface area is 125 Å². The fraction of sp³-hybridized carbons (Fsp3) is 0.600. The van der Waals surface area contributed by atoms with Gasteiger partial charge in [-0.1, -0.05) is 36.2 Å². The van der Waals surface area contributed by atoms with E-state index in [1.54, 1.807) is 0 Å². The maximum atomic E-state index is 6.41. The molecular formula is C15H21Cl2NO. The largest absolute Gasteiger partial charge is 0.381 e. The van der Waals surface area contributed by atoms with Gasteiger partial charge in [0.25, 0.3) is 0 Å². The van der Waals surface area contributed by atoms with Crippen LogP contribution in [0.15, 0.2) is 18.2 Å². The zero-order valence-corrected chi connectivity index (χ0v) is 12.9. The Morgan fingerprint density at radius 1 is 1.26 bits per heavy atom. The van der Waals surface area contributed by atoms with E-state index in [0.29, 0.717) is 5.02 Å². The quantitative estimate of drug-likeness (QED) is 0.829. The van der Waals surface area contributed by atoms with Gasteiger partial charge in [-0.2, -0.15) is 0 Å². The van der Waals surface area contributed by atoms with Crippen molar-refractivity contribution in [2.75, 3.05) is 26.3 Å². The molecule has 1 saturated heterocycles. The van der Waals surface area contributed by atoms with E-state index < -0.39 is 0 Å². The first-order valence-electron chi connectivity index (χ1n) is 6.92. The van der Waals surface area contributed by atoms with Crippen LogP contribution in [0, 0.1) is 0 Å². The molecule has 1 aromatic carbocycles. The minimum absolute atomic E-state index is 0.0785. The van der Waals surface area contributed by atoms with Crippen LogP contribution in [0.4, 0.5) is 0 Å². The molecule has 106 valence electrons. The topological polar surface area (TPSA) is 21.3 Å². The summed E-state index contributed by atoms with van der Waals surface area (Å²) in [5.41, 5.74) is 1.28. The third-order valence-electron chi connectivity index (χ3n) is 3.84. The average Bonchev–Trinajstić information content (AvgIpc) is 2.40. The van der Waals surface area contributed by atoms with E-state index in [4.69, 9.17) is 27.9 Å². The van der Waals surface area contributed by atoms with Gasteiger partial charge in [0.05, 0.1) is 0 Å². The highest BCUT2D eigenvalue weighted by Gasteiger charge is 2.35. The molecule has 0 saturated carbocycles. The van der Waals surface area contributed by atoms with Crippen LogP contribution in [-0.4, -0.2) is 26.3 Å². The highest BCUT2D eigenvalue weighted by Crippen LogP contribution is 2.39. The molecule has 1 fully saturated rings. The average molecular weight is 302 g/mol. The molecule has 1 heterocycles. The van der Waals surface area contributed by atoms with Gasteiger partial charge in [-0.15, -0.1) is 0 Å². The summed E-state index contributed by atoms with van der Waals surface area (Å²) in [5, 5.41) is 5.00. The first-order chi connectivity index (χ1) is 9.18. The molecular weight excluding hydrogens is 281 g/mol. The van der Waals surface area contributed by atoms with E-state index in [1.165, 1.54) is 5.56 Å². The summed E-state index contributed by atoms with van der Waals surface area (Å²) in [5.74, 6) is 0. The highest BCUT2D eigenvalue weighted by molar-refractivity contribution is 6.35. The maximum absolute atomic E-state index is 6.41. The Bertz CT molecular complexity index is 417. The molecule has 4 heteroatoms. The van der Waals surface area contributed by atoms with Crippen LogP contribution in [0.1, 0.15) is 31.7 Å². The Hall–Kier alpha value is -0.280. The standard InChI is InChI=1S/C15H21Cl2NO/c1-2-7-18-11-15(5-8-19-9-6-15)13-4-3-12(16)10-14(13)17/h3-4,10,18H,2,5-9,11H2,1H3. The number of hydrogen-bond donors (Lipinski definition) is 1. The predicted molar refractivity (Wildman–Crippen MR) is 81.4 cm³/mol. The van der Waals surface area contributed by atoms with Gasteiger partial charge in [-0.05, 0) is 43.5 Å². The number of rotatable bonds is 5. The molecule has 0 unspecified atom stereocenters. The lowest BCUT2D eigenvalue weighted by Gasteiger charge is -2.38. The fourth-order valence-corrected chi connectivity index (χ4v) is 3.34. The van der Waals surface area contributed by atoms with Crippen molar-refractivity contribution in [1.82, 2.24) is 5.32 Å². The van der Waals surface area contributed by atoms with Crippen LogP contribution in [0.3, 0.4) is 0 Å². The van der Waals surface area contributed by atoms with Crippen LogP contribution in [0.5, 0.6) is 0 Å². The summed E-state index contributed by atoms with van der Waals surface area (Å²) >= 11 is 12.4. The molecule has 0 spiro atoms. The lowest BCUT2D eigenvalue weighted by molar-refractivity contribution is 0.0500. The third kappa shape index (κ3) is 3.63. The van der Waals surface area contributed by atoms with Gasteiger partial charge in [0.2, 0.25) is 0 Å². The Morgan fingerprint density at radius 2 is 2.00 bits per heavy atom. The van der Waals surface area contributed by atoms with E-state index in [1.807, 2.05) is 12.1 Å². The second-order valence-corrected chi connectivity index (χ2v) is 6.04. The molecule has 1 aromatic rings. The summed E-state index contributed by atoms with van der Waals surface area (Å²) in [6, 6.07) is 5.85. The monoisotopic (exact) mass is 301 g/mol. The number of benzene rings is 1. The van der Waals surface area contributed by atoms with Crippen molar-refractivity contribution in [3.8, 4) is 0 Å². The summed E-state index contributed by atoms with van der Waals surface area (Å²) in [6.07, 6.45) is 3.15. The fourth-order valence-electron chi connectivity index (χ4n) is 2.73. The molecule has 0 radical (unpaired) electrons. The summed E-state index contributed by atoms with van der Waals surface area (Å²) in [6.45, 7) is 5.76. The molecule has 0 aromatic heterocycles. The van der Waals surface area contributed by atoms with Crippen molar-refractivity contribution < 1.29 is 4.74 Å². The normalized spacial score (nSPS) is 18.5. The molecule has 1 aliphatic rings. The molecule has 1 N–H and O–H groups in total. The van der Waals surface area contributed by atoms with E-state index in [-0.39, 0.29) is 5.41 Å². The van der Waals surface area contributed by atoms with E-state index in [2.05, 4.69) is 18.3 Å². The number of nitrogens with one attached hydrogen (secondary N) is 1. The van der Waals surface area contributed by atoms with E-state index in [9.17, 15) is 0 Å². The lowest BCUT2D eigenvalue weighted by Crippen LogP contribution is -2.43. The van der Waals surface area contributed by atoms with Crippen molar-refractivity contribution in [1.29, 1.82) is 0 Å². The zero-order valence-electron chi connectivity index (χ0n) is 11.3. The van der Waals surface area contributed by atoms with Crippen LogP contribution < -0.4 is 5.32 Å². The molecule has 1 aliphatic heterocycles. The van der Waals surface area contributed by atoms with Gasteiger partial charge in [-0.3, -0.25) is 0 Å². The first kappa shape index (κ1) is 15.1. The Kier molecular flexibility index (Phi) is 5.52. The van der Waals surface area contributed by atoms with Crippen LogP contribution in [0.2, 0.25) is 10.0 Å². The van der Waals surface area contributed by atoms with Gasteiger partial charge in [0.15, 0.2) is 0 Å². The molecule has 19 heavy (non-hydrogen) atoms. The number of halogens is 2. The summed E-state index contributed by atoms with van der Waals surface area (Å²) < 4.78 is 5.52. The summed E-state index contributed by atoms with van der Waals surface area (Å²) in [4.78, 5) is 0. The van der Waals surface area contributed by atoms with Crippen molar-refractivity contribution in [3.63, 3.8) is 0 Å². The SMILES string of the molecule is CCCNCC1(c2ccc(Cl)cc2Cl)CCOCC1. The van der Waals surface area contributed by atoms with Crippen LogP contribution >= 0.6 is 23.2 Å². The highest BCUT2D eigenvalue weighted by atomic mass is 35.5. The number of ether oxygens (including phenoxy) is 1. The van der Waals surface area contributed by atoms with Gasteiger partial charge < -0.3 is 10.1 Å². The van der Waals surface area contributed by atoms with E-state index in [0.717, 1.165) is 50.6 Å². The molecule has 2 rings (SSSR count). The second kappa shape index (κ2) is 6.94. The van der Waals surface area contributed by atoms with E-state index >= 15 is 0 Å². The molecule has 0 bridgehead atoms. The lowest BCUT2D eigenvalue weighted by atomic mass is 9.74. The minimum Gasteiger partial charge on any atom is -0.381 e. The van der Waals surface area contributed by atoms with Gasteiger partial charge in [0, 0.05) is 35.2 Å². The first-order valence-corrected chi connectivity index (χ1v) is 7.67. The van der Waals surface area contributed by atoms with Crippen molar-refractivity contribution >= 4 is 23.2 Å². The van der Waals surface area contributed by atoms with Crippen molar-refractivity contribution in [2.45, 2.75) is 31.6 Å².